The molecule has 86 valence electrons. The van der Waals surface area contributed by atoms with Crippen molar-refractivity contribution in [3.05, 3.63) is 47.5 Å². The lowest BCUT2D eigenvalue weighted by molar-refractivity contribution is 0.0993. The number of carbonyl (C=O) groups is 1. The summed E-state index contributed by atoms with van der Waals surface area (Å²) in [5.74, 6) is 0.146. The smallest absolute Gasteiger partial charge is 0.166 e. The molecule has 1 aromatic carbocycles. The zero-order valence-electron chi connectivity index (χ0n) is 10.6. The van der Waals surface area contributed by atoms with Crippen LogP contribution in [0.15, 0.2) is 36.4 Å². The molecule has 0 radical (unpaired) electrons. The van der Waals surface area contributed by atoms with Gasteiger partial charge in [-0.25, -0.2) is 0 Å². The molecule has 0 saturated heterocycles. The van der Waals surface area contributed by atoms with Gasteiger partial charge in [-0.2, -0.15) is 0 Å². The van der Waals surface area contributed by atoms with Crippen LogP contribution in [0, 0.1) is 0 Å². The first-order valence-electron chi connectivity index (χ1n) is 5.59. The number of Topliss-reactive ketones (excluding diaryl/α,β-unsaturated/α-hetero) is 1. The van der Waals surface area contributed by atoms with E-state index in [0.717, 1.165) is 11.1 Å². The molecule has 1 nitrogen and oxygen atoms in total. The number of benzene rings is 1. The Balaban J connectivity index is 2.87. The maximum Gasteiger partial charge on any atom is 0.166 e. The molecule has 16 heavy (non-hydrogen) atoms. The third-order valence-corrected chi connectivity index (χ3v) is 2.54. The van der Waals surface area contributed by atoms with Gasteiger partial charge in [0.2, 0.25) is 0 Å². The van der Waals surface area contributed by atoms with Gasteiger partial charge in [0.1, 0.15) is 0 Å². The molecule has 0 aliphatic rings. The summed E-state index contributed by atoms with van der Waals surface area (Å²) in [5, 5.41) is 0. The molecule has 1 rings (SSSR count). The van der Waals surface area contributed by atoms with E-state index in [-0.39, 0.29) is 11.2 Å². The zero-order valence-corrected chi connectivity index (χ0v) is 10.6. The summed E-state index contributed by atoms with van der Waals surface area (Å²) in [4.78, 5) is 11.8. The number of hydrogen-bond acceptors (Lipinski definition) is 1. The van der Waals surface area contributed by atoms with Crippen molar-refractivity contribution in [3.8, 4) is 0 Å². The minimum absolute atomic E-state index is 0.135. The minimum atomic E-state index is 0.135. The Kier molecular flexibility index (Phi) is 3.69. The van der Waals surface area contributed by atoms with Crippen molar-refractivity contribution in [1.82, 2.24) is 0 Å². The molecule has 0 unspecified atom stereocenters. The number of ketones is 1. The van der Waals surface area contributed by atoms with Gasteiger partial charge in [0, 0.05) is 12.0 Å². The van der Waals surface area contributed by atoms with Crippen LogP contribution in [-0.4, -0.2) is 5.78 Å². The lowest BCUT2D eigenvalue weighted by atomic mass is 9.86. The summed E-state index contributed by atoms with van der Waals surface area (Å²) in [7, 11) is 0. The first-order chi connectivity index (χ1) is 7.30. The van der Waals surface area contributed by atoms with Crippen molar-refractivity contribution in [1.29, 1.82) is 0 Å². The fraction of sp³-hybridized carbons (Fsp3) is 0.400. The maximum atomic E-state index is 11.8. The maximum absolute atomic E-state index is 11.8. The van der Waals surface area contributed by atoms with Gasteiger partial charge in [0.05, 0.1) is 0 Å². The molecule has 0 saturated carbocycles. The molecule has 0 atom stereocenters. The van der Waals surface area contributed by atoms with Crippen LogP contribution >= 0.6 is 0 Å². The minimum Gasteiger partial charge on any atom is -0.294 e. The summed E-state index contributed by atoms with van der Waals surface area (Å²) < 4.78 is 0. The van der Waals surface area contributed by atoms with Gasteiger partial charge >= 0.3 is 0 Å². The predicted molar refractivity (Wildman–Crippen MR) is 68.9 cm³/mol. The molecule has 1 heteroatoms. The summed E-state index contributed by atoms with van der Waals surface area (Å²) in [6, 6.07) is 7.88. The second-order valence-electron chi connectivity index (χ2n) is 5.38. The normalized spacial score (nSPS) is 11.2. The molecular formula is C15H20O. The first kappa shape index (κ1) is 12.7. The number of carbonyl (C=O) groups excluding carboxylic acids is 1. The average molecular weight is 216 g/mol. The van der Waals surface area contributed by atoms with Crippen molar-refractivity contribution in [2.75, 3.05) is 0 Å². The van der Waals surface area contributed by atoms with E-state index >= 15 is 0 Å². The van der Waals surface area contributed by atoms with Crippen molar-refractivity contribution in [2.24, 2.45) is 0 Å². The standard InChI is InChI=1S/C15H20O/c1-11(2)10-14(16)12-6-8-13(9-7-12)15(3,4)5/h6-9H,1,10H2,2-5H3. The number of hydrogen-bond donors (Lipinski definition) is 0. The predicted octanol–water partition coefficient (Wildman–Crippen LogP) is 4.13. The van der Waals surface area contributed by atoms with Gasteiger partial charge < -0.3 is 0 Å². The highest BCUT2D eigenvalue weighted by molar-refractivity contribution is 5.97. The highest BCUT2D eigenvalue weighted by atomic mass is 16.1. The Labute approximate surface area is 98.2 Å². The summed E-state index contributed by atoms with van der Waals surface area (Å²) >= 11 is 0. The Morgan fingerprint density at radius 2 is 1.69 bits per heavy atom. The third kappa shape index (κ3) is 3.34. The lowest BCUT2D eigenvalue weighted by Gasteiger charge is -2.18. The summed E-state index contributed by atoms with van der Waals surface area (Å²) in [6.45, 7) is 12.1. The fourth-order valence-corrected chi connectivity index (χ4v) is 1.53. The quantitative estimate of drug-likeness (QED) is 0.548. The first-order valence-corrected chi connectivity index (χ1v) is 5.59. The Hall–Kier alpha value is -1.37. The van der Waals surface area contributed by atoms with Crippen molar-refractivity contribution < 1.29 is 4.79 Å². The summed E-state index contributed by atoms with van der Waals surface area (Å²) in [6.07, 6.45) is 0.439. The van der Waals surface area contributed by atoms with Crippen molar-refractivity contribution in [3.63, 3.8) is 0 Å². The molecule has 0 bridgehead atoms. The van der Waals surface area contributed by atoms with Crippen molar-refractivity contribution in [2.45, 2.75) is 39.5 Å². The molecule has 0 spiro atoms. The fourth-order valence-electron chi connectivity index (χ4n) is 1.53. The van der Waals surface area contributed by atoms with E-state index in [1.54, 1.807) is 0 Å². The summed E-state index contributed by atoms with van der Waals surface area (Å²) in [5.41, 5.74) is 3.07. The van der Waals surface area contributed by atoms with Gasteiger partial charge in [-0.1, -0.05) is 57.2 Å². The molecule has 0 amide bonds. The molecule has 0 fully saturated rings. The molecule has 0 heterocycles. The average Bonchev–Trinajstić information content (AvgIpc) is 2.15. The van der Waals surface area contributed by atoms with E-state index in [1.165, 1.54) is 5.56 Å². The van der Waals surface area contributed by atoms with Crippen LogP contribution in [0.2, 0.25) is 0 Å². The van der Waals surface area contributed by atoms with Crippen LogP contribution < -0.4 is 0 Å². The second kappa shape index (κ2) is 4.65. The van der Waals surface area contributed by atoms with E-state index < -0.39 is 0 Å². The number of rotatable bonds is 3. The van der Waals surface area contributed by atoms with Crippen LogP contribution in [0.5, 0.6) is 0 Å². The van der Waals surface area contributed by atoms with Crippen LogP contribution in [0.3, 0.4) is 0 Å². The highest BCUT2D eigenvalue weighted by Gasteiger charge is 2.14. The van der Waals surface area contributed by atoms with Crippen molar-refractivity contribution >= 4 is 5.78 Å². The van der Waals surface area contributed by atoms with Gasteiger partial charge in [0.15, 0.2) is 5.78 Å². The van der Waals surface area contributed by atoms with Crippen LogP contribution in [-0.2, 0) is 5.41 Å². The van der Waals surface area contributed by atoms with E-state index in [0.29, 0.717) is 6.42 Å². The van der Waals surface area contributed by atoms with Crippen LogP contribution in [0.1, 0.15) is 50.0 Å². The van der Waals surface area contributed by atoms with E-state index in [2.05, 4.69) is 27.4 Å². The zero-order chi connectivity index (χ0) is 12.3. The Morgan fingerprint density at radius 1 is 1.19 bits per heavy atom. The van der Waals surface area contributed by atoms with Gasteiger partial charge in [-0.05, 0) is 17.9 Å². The van der Waals surface area contributed by atoms with E-state index in [9.17, 15) is 4.79 Å². The third-order valence-electron chi connectivity index (χ3n) is 2.54. The Bertz CT molecular complexity index is 390. The second-order valence-corrected chi connectivity index (χ2v) is 5.38. The van der Waals surface area contributed by atoms with Gasteiger partial charge in [-0.3, -0.25) is 4.79 Å². The molecule has 0 aromatic heterocycles. The molecule has 0 N–H and O–H groups in total. The molecular weight excluding hydrogens is 196 g/mol. The highest BCUT2D eigenvalue weighted by Crippen LogP contribution is 2.22. The molecule has 0 aliphatic heterocycles. The van der Waals surface area contributed by atoms with E-state index in [4.69, 9.17) is 0 Å². The topological polar surface area (TPSA) is 17.1 Å². The van der Waals surface area contributed by atoms with Crippen LogP contribution in [0.25, 0.3) is 0 Å². The molecule has 1 aromatic rings. The van der Waals surface area contributed by atoms with Gasteiger partial charge in [-0.15, -0.1) is 0 Å². The SMILES string of the molecule is C=C(C)CC(=O)c1ccc(C(C)(C)C)cc1. The molecule has 0 aliphatic carbocycles. The lowest BCUT2D eigenvalue weighted by Crippen LogP contribution is -2.11. The Morgan fingerprint density at radius 3 is 2.06 bits per heavy atom. The van der Waals surface area contributed by atoms with E-state index in [1.807, 2.05) is 31.2 Å². The van der Waals surface area contributed by atoms with Crippen LogP contribution in [0.4, 0.5) is 0 Å². The van der Waals surface area contributed by atoms with Gasteiger partial charge in [0.25, 0.3) is 0 Å². The largest absolute Gasteiger partial charge is 0.294 e. The monoisotopic (exact) mass is 216 g/mol. The number of allylic oxidation sites excluding steroid dienone is 1.